The number of nitrogens with one attached hydrogen (secondary N) is 1. The molecule has 2 aromatic heterocycles. The number of piperidine rings is 1. The summed E-state index contributed by atoms with van der Waals surface area (Å²) in [7, 11) is 0. The Morgan fingerprint density at radius 2 is 2.43 bits per heavy atom. The fourth-order valence-corrected chi connectivity index (χ4v) is 2.88. The molecule has 1 saturated heterocycles. The van der Waals surface area contributed by atoms with E-state index >= 15 is 0 Å². The zero-order valence-electron chi connectivity index (χ0n) is 12.2. The molecule has 1 N–H and O–H groups in total. The van der Waals surface area contributed by atoms with E-state index in [0.717, 1.165) is 42.9 Å². The maximum Gasteiger partial charge on any atom is 0.227 e. The average molecular weight is 284 g/mol. The monoisotopic (exact) mass is 284 g/mol. The molecule has 0 spiro atoms. The number of carbonyl (C=O) groups excluding carboxylic acids is 1. The zero-order valence-corrected chi connectivity index (χ0v) is 12.2. The maximum atomic E-state index is 12.4. The molecule has 110 valence electrons. The smallest absolute Gasteiger partial charge is 0.227 e. The van der Waals surface area contributed by atoms with E-state index < -0.39 is 0 Å². The van der Waals surface area contributed by atoms with Crippen LogP contribution >= 0.6 is 0 Å². The van der Waals surface area contributed by atoms with Gasteiger partial charge in [-0.3, -0.25) is 14.9 Å². The molecular weight excluding hydrogens is 264 g/mol. The van der Waals surface area contributed by atoms with Crippen molar-refractivity contribution in [2.75, 3.05) is 13.1 Å². The molecule has 21 heavy (non-hydrogen) atoms. The van der Waals surface area contributed by atoms with Gasteiger partial charge >= 0.3 is 0 Å². The lowest BCUT2D eigenvalue weighted by molar-refractivity contribution is -0.131. The Morgan fingerprint density at radius 3 is 3.14 bits per heavy atom. The van der Waals surface area contributed by atoms with Gasteiger partial charge in [0.1, 0.15) is 0 Å². The number of hydrogen-bond acceptors (Lipinski definition) is 3. The van der Waals surface area contributed by atoms with Gasteiger partial charge in [-0.05, 0) is 37.5 Å². The number of rotatable bonds is 3. The summed E-state index contributed by atoms with van der Waals surface area (Å²) in [5.74, 6) is 0.529. The van der Waals surface area contributed by atoms with E-state index in [4.69, 9.17) is 0 Å². The molecule has 1 amide bonds. The number of likely N-dealkylation sites (tertiary alicyclic amines) is 1. The maximum absolute atomic E-state index is 12.4. The van der Waals surface area contributed by atoms with Crippen LogP contribution in [0.15, 0.2) is 30.6 Å². The van der Waals surface area contributed by atoms with E-state index in [0.29, 0.717) is 12.3 Å². The van der Waals surface area contributed by atoms with E-state index in [-0.39, 0.29) is 5.91 Å². The van der Waals surface area contributed by atoms with Gasteiger partial charge in [0.2, 0.25) is 5.91 Å². The summed E-state index contributed by atoms with van der Waals surface area (Å²) in [5, 5.41) is 7.33. The third-order valence-corrected chi connectivity index (χ3v) is 4.00. The summed E-state index contributed by atoms with van der Waals surface area (Å²) in [6, 6.07) is 5.90. The first-order chi connectivity index (χ1) is 10.2. The van der Waals surface area contributed by atoms with Crippen LogP contribution in [0.4, 0.5) is 0 Å². The first-order valence-corrected chi connectivity index (χ1v) is 7.41. The predicted octanol–water partition coefficient (Wildman–Crippen LogP) is 2.06. The molecule has 0 unspecified atom stereocenters. The minimum Gasteiger partial charge on any atom is -0.342 e. The van der Waals surface area contributed by atoms with Gasteiger partial charge < -0.3 is 4.90 Å². The van der Waals surface area contributed by atoms with Crippen LogP contribution in [0.5, 0.6) is 0 Å². The molecule has 0 radical (unpaired) electrons. The van der Waals surface area contributed by atoms with Crippen LogP contribution in [0.3, 0.4) is 0 Å². The highest BCUT2D eigenvalue weighted by Crippen LogP contribution is 2.26. The molecule has 0 bridgehead atoms. The van der Waals surface area contributed by atoms with E-state index in [1.54, 1.807) is 12.4 Å². The summed E-state index contributed by atoms with van der Waals surface area (Å²) in [6.45, 7) is 3.62. The number of pyridine rings is 1. The Balaban J connectivity index is 1.64. The number of aryl methyl sites for hydroxylation is 1. The van der Waals surface area contributed by atoms with Crippen LogP contribution in [0, 0.1) is 6.92 Å². The number of carbonyl (C=O) groups is 1. The second-order valence-electron chi connectivity index (χ2n) is 5.69. The Kier molecular flexibility index (Phi) is 3.99. The van der Waals surface area contributed by atoms with Crippen molar-refractivity contribution in [2.24, 2.45) is 0 Å². The van der Waals surface area contributed by atoms with E-state index in [1.807, 2.05) is 24.0 Å². The van der Waals surface area contributed by atoms with E-state index in [1.165, 1.54) is 0 Å². The molecule has 1 fully saturated rings. The highest BCUT2D eigenvalue weighted by atomic mass is 16.2. The fourth-order valence-electron chi connectivity index (χ4n) is 2.88. The minimum absolute atomic E-state index is 0.181. The summed E-state index contributed by atoms with van der Waals surface area (Å²) >= 11 is 0. The number of H-pyrrole nitrogens is 1. The number of nitrogens with zero attached hydrogens (tertiary/aromatic N) is 3. The normalized spacial score (nSPS) is 18.7. The Bertz CT molecular complexity index is 608. The Hall–Kier alpha value is -2.17. The van der Waals surface area contributed by atoms with Gasteiger partial charge in [-0.2, -0.15) is 5.10 Å². The molecular formula is C16H20N4O. The van der Waals surface area contributed by atoms with Crippen LogP contribution in [0.25, 0.3) is 0 Å². The Morgan fingerprint density at radius 1 is 1.52 bits per heavy atom. The Labute approximate surface area is 124 Å². The number of amides is 1. The van der Waals surface area contributed by atoms with Crippen molar-refractivity contribution < 1.29 is 4.79 Å². The predicted molar refractivity (Wildman–Crippen MR) is 79.8 cm³/mol. The van der Waals surface area contributed by atoms with E-state index in [2.05, 4.69) is 21.2 Å². The lowest BCUT2D eigenvalue weighted by Crippen LogP contribution is -2.40. The molecule has 1 atom stereocenters. The molecule has 3 rings (SSSR count). The van der Waals surface area contributed by atoms with E-state index in [9.17, 15) is 4.79 Å². The van der Waals surface area contributed by atoms with Crippen molar-refractivity contribution in [3.63, 3.8) is 0 Å². The molecule has 3 heterocycles. The molecule has 2 aromatic rings. The van der Waals surface area contributed by atoms with Gasteiger partial charge in [0, 0.05) is 37.1 Å². The molecule has 5 heteroatoms. The first kappa shape index (κ1) is 13.8. The minimum atomic E-state index is 0.181. The zero-order chi connectivity index (χ0) is 14.7. The highest BCUT2D eigenvalue weighted by Gasteiger charge is 2.26. The van der Waals surface area contributed by atoms with Gasteiger partial charge in [0.05, 0.1) is 12.1 Å². The lowest BCUT2D eigenvalue weighted by Gasteiger charge is -2.32. The summed E-state index contributed by atoms with van der Waals surface area (Å²) < 4.78 is 0. The lowest BCUT2D eigenvalue weighted by atomic mass is 9.94. The van der Waals surface area contributed by atoms with Crippen LogP contribution in [-0.2, 0) is 11.2 Å². The van der Waals surface area contributed by atoms with Gasteiger partial charge in [-0.25, -0.2) is 0 Å². The number of aromatic amines is 1. The topological polar surface area (TPSA) is 61.9 Å². The third kappa shape index (κ3) is 3.29. The highest BCUT2D eigenvalue weighted by molar-refractivity contribution is 5.78. The summed E-state index contributed by atoms with van der Waals surface area (Å²) in [6.07, 6.45) is 6.05. The van der Waals surface area contributed by atoms with Crippen molar-refractivity contribution in [2.45, 2.75) is 32.1 Å². The van der Waals surface area contributed by atoms with Gasteiger partial charge in [-0.1, -0.05) is 6.07 Å². The summed E-state index contributed by atoms with van der Waals surface area (Å²) in [4.78, 5) is 18.4. The van der Waals surface area contributed by atoms with Gasteiger partial charge in [-0.15, -0.1) is 0 Å². The van der Waals surface area contributed by atoms with Crippen molar-refractivity contribution in [3.8, 4) is 0 Å². The van der Waals surface area contributed by atoms with Crippen LogP contribution in [0.1, 0.15) is 35.7 Å². The van der Waals surface area contributed by atoms with Crippen molar-refractivity contribution in [1.29, 1.82) is 0 Å². The third-order valence-electron chi connectivity index (χ3n) is 4.00. The SMILES string of the molecule is Cc1cc([C@@H]2CCCN(C(=O)Cc3cccnc3)C2)n[nH]1. The largest absolute Gasteiger partial charge is 0.342 e. The molecule has 0 aromatic carbocycles. The fraction of sp³-hybridized carbons (Fsp3) is 0.438. The number of hydrogen-bond donors (Lipinski definition) is 1. The molecule has 1 aliphatic heterocycles. The van der Waals surface area contributed by atoms with Crippen molar-refractivity contribution in [3.05, 3.63) is 47.5 Å². The van der Waals surface area contributed by atoms with Crippen LogP contribution < -0.4 is 0 Å². The summed E-state index contributed by atoms with van der Waals surface area (Å²) in [5.41, 5.74) is 3.12. The first-order valence-electron chi connectivity index (χ1n) is 7.41. The standard InChI is InChI=1S/C16H20N4O/c1-12-8-15(19-18-12)14-5-3-7-20(11-14)16(21)9-13-4-2-6-17-10-13/h2,4,6,8,10,14H,3,5,7,9,11H2,1H3,(H,18,19)/t14-/m1/s1. The van der Waals surface area contributed by atoms with Crippen molar-refractivity contribution >= 4 is 5.91 Å². The molecule has 0 aliphatic carbocycles. The molecule has 0 saturated carbocycles. The second-order valence-corrected chi connectivity index (χ2v) is 5.69. The average Bonchev–Trinajstić information content (AvgIpc) is 2.95. The molecule has 5 nitrogen and oxygen atoms in total. The molecule has 1 aliphatic rings. The van der Waals surface area contributed by atoms with Gasteiger partial charge in [0.25, 0.3) is 0 Å². The van der Waals surface area contributed by atoms with Crippen LogP contribution in [0.2, 0.25) is 0 Å². The quantitative estimate of drug-likeness (QED) is 0.938. The van der Waals surface area contributed by atoms with Crippen LogP contribution in [-0.4, -0.2) is 39.1 Å². The van der Waals surface area contributed by atoms with Gasteiger partial charge in [0.15, 0.2) is 0 Å². The van der Waals surface area contributed by atoms with Crippen molar-refractivity contribution in [1.82, 2.24) is 20.1 Å². The second kappa shape index (κ2) is 6.08. The number of aromatic nitrogens is 3.